The first-order valence-electron chi connectivity index (χ1n) is 6.60. The first kappa shape index (κ1) is 13.5. The van der Waals surface area contributed by atoms with Gasteiger partial charge in [-0.2, -0.15) is 4.98 Å². The molecular weight excluding hydrogens is 230 g/mol. The predicted molar refractivity (Wildman–Crippen MR) is 68.2 cm³/mol. The second-order valence-corrected chi connectivity index (χ2v) is 5.97. The molecule has 5 heteroatoms. The summed E-state index contributed by atoms with van der Waals surface area (Å²) in [7, 11) is 1.71. The molecule has 0 saturated heterocycles. The van der Waals surface area contributed by atoms with Gasteiger partial charge in [0.05, 0.1) is 0 Å². The average molecular weight is 253 g/mol. The molecule has 1 aliphatic carbocycles. The molecule has 1 heterocycles. The van der Waals surface area contributed by atoms with Crippen molar-refractivity contribution in [2.24, 2.45) is 5.92 Å². The Balaban J connectivity index is 1.85. The Morgan fingerprint density at radius 3 is 2.72 bits per heavy atom. The highest BCUT2D eigenvalue weighted by molar-refractivity contribution is 4.98. The van der Waals surface area contributed by atoms with E-state index in [-0.39, 0.29) is 11.6 Å². The van der Waals surface area contributed by atoms with Crippen molar-refractivity contribution in [3.63, 3.8) is 0 Å². The van der Waals surface area contributed by atoms with E-state index in [0.717, 1.165) is 13.0 Å². The number of ether oxygens (including phenoxy) is 1. The van der Waals surface area contributed by atoms with E-state index >= 15 is 0 Å². The number of nitrogens with zero attached hydrogens (tertiary/aromatic N) is 2. The van der Waals surface area contributed by atoms with E-state index in [9.17, 15) is 0 Å². The van der Waals surface area contributed by atoms with Crippen LogP contribution in [0.3, 0.4) is 0 Å². The summed E-state index contributed by atoms with van der Waals surface area (Å²) in [5.41, 5.74) is 0.117. The van der Waals surface area contributed by atoms with E-state index in [1.54, 1.807) is 7.11 Å². The van der Waals surface area contributed by atoms with Crippen molar-refractivity contribution in [2.45, 2.75) is 51.7 Å². The molecule has 0 aromatic carbocycles. The summed E-state index contributed by atoms with van der Waals surface area (Å²) in [5.74, 6) is 1.96. The van der Waals surface area contributed by atoms with Crippen LogP contribution >= 0.6 is 0 Å². The van der Waals surface area contributed by atoms with Gasteiger partial charge in [-0.05, 0) is 39.5 Å². The Morgan fingerprint density at radius 1 is 1.44 bits per heavy atom. The third-order valence-electron chi connectivity index (χ3n) is 3.04. The third-order valence-corrected chi connectivity index (χ3v) is 3.04. The molecule has 1 N–H and O–H groups in total. The van der Waals surface area contributed by atoms with Gasteiger partial charge in [0.25, 0.3) is 0 Å². The van der Waals surface area contributed by atoms with Crippen molar-refractivity contribution >= 4 is 0 Å². The minimum atomic E-state index is 0.0121. The smallest absolute Gasteiger partial charge is 0.228 e. The fourth-order valence-corrected chi connectivity index (χ4v) is 1.94. The molecule has 5 nitrogen and oxygen atoms in total. The van der Waals surface area contributed by atoms with Gasteiger partial charge in [0.15, 0.2) is 0 Å². The fourth-order valence-electron chi connectivity index (χ4n) is 1.94. The number of nitrogens with one attached hydrogen (secondary N) is 1. The maximum Gasteiger partial charge on any atom is 0.228 e. The van der Waals surface area contributed by atoms with Crippen LogP contribution in [0.2, 0.25) is 0 Å². The SMILES string of the molecule is COC(c1noc(CCNC(C)(C)C)n1)C1CC1. The van der Waals surface area contributed by atoms with Crippen molar-refractivity contribution in [3.8, 4) is 0 Å². The molecule has 18 heavy (non-hydrogen) atoms. The summed E-state index contributed by atoms with van der Waals surface area (Å²) in [6.45, 7) is 7.26. The lowest BCUT2D eigenvalue weighted by atomic mass is 10.1. The molecule has 0 aliphatic heterocycles. The summed E-state index contributed by atoms with van der Waals surface area (Å²) in [6.07, 6.45) is 3.17. The van der Waals surface area contributed by atoms with Crippen molar-refractivity contribution in [1.82, 2.24) is 15.5 Å². The van der Waals surface area contributed by atoms with Crippen LogP contribution in [0.1, 0.15) is 51.4 Å². The lowest BCUT2D eigenvalue weighted by molar-refractivity contribution is 0.0751. The van der Waals surface area contributed by atoms with E-state index in [1.807, 2.05) is 0 Å². The molecule has 0 spiro atoms. The quantitative estimate of drug-likeness (QED) is 0.841. The topological polar surface area (TPSA) is 60.2 Å². The van der Waals surface area contributed by atoms with Crippen LogP contribution in [0.5, 0.6) is 0 Å². The van der Waals surface area contributed by atoms with Crippen LogP contribution in [-0.4, -0.2) is 29.3 Å². The first-order chi connectivity index (χ1) is 8.49. The molecule has 102 valence electrons. The Bertz CT molecular complexity index is 380. The zero-order valence-electron chi connectivity index (χ0n) is 11.7. The van der Waals surface area contributed by atoms with E-state index in [2.05, 4.69) is 36.2 Å². The summed E-state index contributed by atoms with van der Waals surface area (Å²) in [6, 6.07) is 0. The molecule has 1 unspecified atom stereocenters. The molecule has 1 aromatic rings. The average Bonchev–Trinajstić information content (AvgIpc) is 2.99. The summed E-state index contributed by atoms with van der Waals surface area (Å²) in [4.78, 5) is 4.42. The third kappa shape index (κ3) is 3.78. The molecule has 2 rings (SSSR count). The van der Waals surface area contributed by atoms with E-state index in [1.165, 1.54) is 12.8 Å². The Labute approximate surface area is 108 Å². The largest absolute Gasteiger partial charge is 0.373 e. The fraction of sp³-hybridized carbons (Fsp3) is 0.846. The lowest BCUT2D eigenvalue weighted by Crippen LogP contribution is -2.37. The van der Waals surface area contributed by atoms with Crippen LogP contribution in [0, 0.1) is 5.92 Å². The number of hydrogen-bond acceptors (Lipinski definition) is 5. The molecule has 1 fully saturated rings. The lowest BCUT2D eigenvalue weighted by Gasteiger charge is -2.19. The highest BCUT2D eigenvalue weighted by Gasteiger charge is 2.35. The summed E-state index contributed by atoms with van der Waals surface area (Å²) in [5, 5.41) is 7.42. The standard InChI is InChI=1S/C13H23N3O2/c1-13(2,3)14-8-7-10-15-12(16-18-10)11(17-4)9-5-6-9/h9,11,14H,5-8H2,1-4H3. The van der Waals surface area contributed by atoms with E-state index in [4.69, 9.17) is 9.26 Å². The number of hydrogen-bond donors (Lipinski definition) is 1. The van der Waals surface area contributed by atoms with Crippen LogP contribution in [-0.2, 0) is 11.2 Å². The van der Waals surface area contributed by atoms with Gasteiger partial charge in [0.1, 0.15) is 6.10 Å². The molecule has 0 bridgehead atoms. The van der Waals surface area contributed by atoms with Crippen molar-refractivity contribution in [2.75, 3.05) is 13.7 Å². The van der Waals surface area contributed by atoms with Gasteiger partial charge >= 0.3 is 0 Å². The van der Waals surface area contributed by atoms with Gasteiger partial charge in [-0.1, -0.05) is 5.16 Å². The van der Waals surface area contributed by atoms with Crippen LogP contribution in [0.25, 0.3) is 0 Å². The molecule has 1 atom stereocenters. The van der Waals surface area contributed by atoms with Gasteiger partial charge in [0, 0.05) is 25.6 Å². The van der Waals surface area contributed by atoms with Crippen LogP contribution in [0.15, 0.2) is 4.52 Å². The molecular formula is C13H23N3O2. The number of rotatable bonds is 6. The van der Waals surface area contributed by atoms with Crippen LogP contribution in [0.4, 0.5) is 0 Å². The predicted octanol–water partition coefficient (Wildman–Crippen LogP) is 2.10. The van der Waals surface area contributed by atoms with Crippen molar-refractivity contribution < 1.29 is 9.26 Å². The monoisotopic (exact) mass is 253 g/mol. The van der Waals surface area contributed by atoms with E-state index < -0.39 is 0 Å². The van der Waals surface area contributed by atoms with E-state index in [0.29, 0.717) is 17.6 Å². The highest BCUT2D eigenvalue weighted by atomic mass is 16.5. The zero-order valence-corrected chi connectivity index (χ0v) is 11.7. The van der Waals surface area contributed by atoms with Gasteiger partial charge in [0.2, 0.25) is 11.7 Å². The highest BCUT2D eigenvalue weighted by Crippen LogP contribution is 2.41. The van der Waals surface area contributed by atoms with Crippen molar-refractivity contribution in [1.29, 1.82) is 0 Å². The molecule has 0 radical (unpaired) electrons. The normalized spacial score (nSPS) is 18.0. The van der Waals surface area contributed by atoms with Gasteiger partial charge in [-0.25, -0.2) is 0 Å². The second-order valence-electron chi connectivity index (χ2n) is 5.97. The number of aromatic nitrogens is 2. The molecule has 1 saturated carbocycles. The van der Waals surface area contributed by atoms with Crippen molar-refractivity contribution in [3.05, 3.63) is 11.7 Å². The Hall–Kier alpha value is -0.940. The Morgan fingerprint density at radius 2 is 2.17 bits per heavy atom. The maximum absolute atomic E-state index is 5.43. The van der Waals surface area contributed by atoms with Gasteiger partial charge in [-0.3, -0.25) is 0 Å². The minimum Gasteiger partial charge on any atom is -0.373 e. The number of methoxy groups -OCH3 is 1. The maximum atomic E-state index is 5.43. The summed E-state index contributed by atoms with van der Waals surface area (Å²) >= 11 is 0. The van der Waals surface area contributed by atoms with Crippen LogP contribution < -0.4 is 5.32 Å². The van der Waals surface area contributed by atoms with Gasteiger partial charge < -0.3 is 14.6 Å². The Kier molecular flexibility index (Phi) is 4.02. The summed E-state index contributed by atoms with van der Waals surface area (Å²) < 4.78 is 10.7. The first-order valence-corrected chi connectivity index (χ1v) is 6.60. The zero-order chi connectivity index (χ0) is 13.2. The second kappa shape index (κ2) is 5.36. The molecule has 1 aromatic heterocycles. The molecule has 0 amide bonds. The van der Waals surface area contributed by atoms with Gasteiger partial charge in [-0.15, -0.1) is 0 Å². The minimum absolute atomic E-state index is 0.0121. The molecule has 1 aliphatic rings.